The van der Waals surface area contributed by atoms with E-state index in [0.717, 1.165) is 11.8 Å². The van der Waals surface area contributed by atoms with Gasteiger partial charge in [-0.15, -0.1) is 0 Å². The molecule has 10 nitrogen and oxygen atoms in total. The Hall–Kier alpha value is -5.48. The molecule has 0 aromatic heterocycles. The Balaban J connectivity index is 1.87. The van der Waals surface area contributed by atoms with E-state index in [1.54, 1.807) is 50.2 Å². The lowest BCUT2D eigenvalue weighted by Gasteiger charge is -2.24. The van der Waals surface area contributed by atoms with Gasteiger partial charge in [-0.1, -0.05) is 70.2 Å². The summed E-state index contributed by atoms with van der Waals surface area (Å²) in [4.78, 5) is 16.5. The SMILES string of the molecule is Cc1cc2c(C(C)C)c(O)c(O)c(C=N[C@@H](Cc3ccccc3)C(=O)O)c2c(O)c1-c1c(C)cc2c(C(C)C)c(O)c(O)c(CO)c2c1O. The van der Waals surface area contributed by atoms with Crippen LogP contribution in [0.4, 0.5) is 0 Å². The van der Waals surface area contributed by atoms with Gasteiger partial charge in [0.05, 0.1) is 6.61 Å². The third-order valence-corrected chi connectivity index (χ3v) is 9.15. The first kappa shape index (κ1) is 34.8. The van der Waals surface area contributed by atoms with Crippen LogP contribution in [0.15, 0.2) is 47.5 Å². The van der Waals surface area contributed by atoms with Gasteiger partial charge in [-0.25, -0.2) is 4.79 Å². The highest BCUT2D eigenvalue weighted by Gasteiger charge is 2.30. The van der Waals surface area contributed by atoms with Gasteiger partial charge in [-0.3, -0.25) is 4.99 Å². The maximum Gasteiger partial charge on any atom is 0.328 e. The number of carboxylic acids is 1. The molecule has 0 aliphatic heterocycles. The standard InChI is InChI=1S/C39H41NO9/c1-17(2)27-22-12-19(5)29(30-20(6)13-23-28(18(3)4)38(47)34(43)25(16-41)32(23)36(30)45)35(44)31(22)24(33(42)37(27)46)15-40-26(39(48)49)14-21-10-8-7-9-11-21/h7-13,15,17-18,26,41-47H,14,16H2,1-6H3,(H,48,49)/t26-/m0/s1. The Morgan fingerprint density at radius 2 is 1.20 bits per heavy atom. The summed E-state index contributed by atoms with van der Waals surface area (Å²) < 4.78 is 0. The molecule has 10 heteroatoms. The molecule has 5 rings (SSSR count). The molecule has 0 radical (unpaired) electrons. The summed E-state index contributed by atoms with van der Waals surface area (Å²) in [5, 5.41) is 89.5. The van der Waals surface area contributed by atoms with E-state index in [-0.39, 0.29) is 62.8 Å². The summed E-state index contributed by atoms with van der Waals surface area (Å²) in [6.07, 6.45) is 1.19. The van der Waals surface area contributed by atoms with Crippen molar-refractivity contribution in [3.63, 3.8) is 0 Å². The number of aliphatic hydroxyl groups excluding tert-OH is 1. The minimum absolute atomic E-state index is 0.0515. The second-order valence-electron chi connectivity index (χ2n) is 13.1. The number of rotatable bonds is 9. The van der Waals surface area contributed by atoms with Crippen LogP contribution in [0.3, 0.4) is 0 Å². The number of benzene rings is 5. The predicted octanol–water partition coefficient (Wildman–Crippen LogP) is 7.36. The van der Waals surface area contributed by atoms with Crippen molar-refractivity contribution >= 4 is 33.7 Å². The molecule has 0 amide bonds. The molecule has 0 saturated carbocycles. The molecule has 49 heavy (non-hydrogen) atoms. The van der Waals surface area contributed by atoms with E-state index >= 15 is 0 Å². The van der Waals surface area contributed by atoms with Gasteiger partial charge < -0.3 is 40.9 Å². The van der Waals surface area contributed by atoms with Gasteiger partial charge in [-0.2, -0.15) is 0 Å². The molecular weight excluding hydrogens is 626 g/mol. The Labute approximate surface area is 283 Å². The number of aliphatic carboxylic acids is 1. The van der Waals surface area contributed by atoms with Crippen LogP contribution < -0.4 is 0 Å². The lowest BCUT2D eigenvalue weighted by Crippen LogP contribution is -2.21. The maximum absolute atomic E-state index is 12.2. The summed E-state index contributed by atoms with van der Waals surface area (Å²) in [6.45, 7) is 9.98. The number of phenolic OH excluding ortho intramolecular Hbond substituents is 5. The van der Waals surface area contributed by atoms with Gasteiger partial charge in [0, 0.05) is 56.8 Å². The number of aliphatic hydroxyl groups is 1. The van der Waals surface area contributed by atoms with Crippen LogP contribution in [0, 0.1) is 13.8 Å². The first-order valence-electron chi connectivity index (χ1n) is 16.0. The van der Waals surface area contributed by atoms with Crippen LogP contribution in [-0.2, 0) is 17.8 Å². The number of carboxylic acid groups (broad SMARTS) is 1. The second-order valence-corrected chi connectivity index (χ2v) is 13.1. The number of hydrogen-bond donors (Lipinski definition) is 8. The lowest BCUT2D eigenvalue weighted by atomic mass is 9.83. The Morgan fingerprint density at radius 3 is 1.69 bits per heavy atom. The second kappa shape index (κ2) is 13.2. The number of aromatic hydroxyl groups is 6. The summed E-state index contributed by atoms with van der Waals surface area (Å²) in [5.74, 6) is -4.52. The van der Waals surface area contributed by atoms with Crippen molar-refractivity contribution in [2.24, 2.45) is 4.99 Å². The average Bonchev–Trinajstić information content (AvgIpc) is 3.03. The van der Waals surface area contributed by atoms with Crippen LogP contribution in [0.2, 0.25) is 0 Å². The predicted molar refractivity (Wildman–Crippen MR) is 190 cm³/mol. The zero-order valence-electron chi connectivity index (χ0n) is 28.2. The van der Waals surface area contributed by atoms with E-state index in [0.29, 0.717) is 33.0 Å². The molecule has 256 valence electrons. The van der Waals surface area contributed by atoms with Crippen molar-refractivity contribution in [2.45, 2.75) is 72.4 Å². The maximum atomic E-state index is 12.2. The first-order valence-corrected chi connectivity index (χ1v) is 16.0. The highest BCUT2D eigenvalue weighted by Crippen LogP contribution is 2.54. The van der Waals surface area contributed by atoms with Crippen molar-refractivity contribution in [2.75, 3.05) is 0 Å². The zero-order chi connectivity index (χ0) is 36.1. The minimum Gasteiger partial charge on any atom is -0.507 e. The molecule has 5 aromatic rings. The van der Waals surface area contributed by atoms with Gasteiger partial charge in [-0.05, 0) is 53.1 Å². The number of carbonyl (C=O) groups is 1. The highest BCUT2D eigenvalue weighted by atomic mass is 16.4. The van der Waals surface area contributed by atoms with Gasteiger partial charge in [0.15, 0.2) is 29.0 Å². The van der Waals surface area contributed by atoms with E-state index in [2.05, 4.69) is 4.99 Å². The topological polar surface area (TPSA) is 191 Å². The number of nitrogens with zero attached hydrogens (tertiary/aromatic N) is 1. The van der Waals surface area contributed by atoms with Crippen molar-refractivity contribution in [1.29, 1.82) is 0 Å². The quantitative estimate of drug-likeness (QED) is 0.0586. The average molecular weight is 668 g/mol. The molecule has 0 aliphatic rings. The Kier molecular flexibility index (Phi) is 9.39. The molecule has 1 atom stereocenters. The largest absolute Gasteiger partial charge is 0.507 e. The lowest BCUT2D eigenvalue weighted by molar-refractivity contribution is -0.138. The first-order chi connectivity index (χ1) is 23.1. The minimum atomic E-state index is -1.25. The van der Waals surface area contributed by atoms with Crippen LogP contribution >= 0.6 is 0 Å². The fraction of sp³-hybridized carbons (Fsp3) is 0.282. The van der Waals surface area contributed by atoms with Crippen molar-refractivity contribution in [1.82, 2.24) is 0 Å². The number of fused-ring (bicyclic) bond motifs is 2. The highest BCUT2D eigenvalue weighted by molar-refractivity contribution is 6.13. The summed E-state index contributed by atoms with van der Waals surface area (Å²) in [6, 6.07) is 11.1. The van der Waals surface area contributed by atoms with Crippen molar-refractivity contribution in [3.8, 4) is 45.6 Å². The van der Waals surface area contributed by atoms with Gasteiger partial charge in [0.25, 0.3) is 0 Å². The number of aliphatic imine (C=N–C) groups is 1. The fourth-order valence-electron chi connectivity index (χ4n) is 6.91. The normalized spacial score (nSPS) is 12.6. The van der Waals surface area contributed by atoms with E-state index in [1.807, 2.05) is 33.8 Å². The molecule has 0 aliphatic carbocycles. The van der Waals surface area contributed by atoms with Crippen LogP contribution in [0.5, 0.6) is 34.5 Å². The van der Waals surface area contributed by atoms with Gasteiger partial charge in [0.2, 0.25) is 0 Å². The van der Waals surface area contributed by atoms with Crippen molar-refractivity contribution < 1.29 is 45.6 Å². The zero-order valence-corrected chi connectivity index (χ0v) is 28.2. The summed E-state index contributed by atoms with van der Waals surface area (Å²) >= 11 is 0. The molecular formula is C39H41NO9. The Bertz CT molecular complexity index is 2150. The number of phenols is 6. The van der Waals surface area contributed by atoms with E-state index in [4.69, 9.17) is 0 Å². The molecule has 5 aromatic carbocycles. The van der Waals surface area contributed by atoms with E-state index in [9.17, 15) is 45.6 Å². The molecule has 8 N–H and O–H groups in total. The summed E-state index contributed by atoms with van der Waals surface area (Å²) in [7, 11) is 0. The summed E-state index contributed by atoms with van der Waals surface area (Å²) in [5.41, 5.74) is 2.56. The molecule has 0 heterocycles. The molecule has 0 unspecified atom stereocenters. The van der Waals surface area contributed by atoms with Crippen LogP contribution in [0.25, 0.3) is 32.7 Å². The Morgan fingerprint density at radius 1 is 0.714 bits per heavy atom. The monoisotopic (exact) mass is 667 g/mol. The van der Waals surface area contributed by atoms with Gasteiger partial charge >= 0.3 is 5.97 Å². The third-order valence-electron chi connectivity index (χ3n) is 9.15. The van der Waals surface area contributed by atoms with Crippen LogP contribution in [-0.4, -0.2) is 59.1 Å². The fourth-order valence-corrected chi connectivity index (χ4v) is 6.91. The van der Waals surface area contributed by atoms with E-state index < -0.39 is 41.6 Å². The number of aryl methyl sites for hydroxylation is 2. The van der Waals surface area contributed by atoms with Crippen LogP contribution in [0.1, 0.15) is 78.5 Å². The van der Waals surface area contributed by atoms with Crippen molar-refractivity contribution in [3.05, 3.63) is 81.4 Å². The number of hydrogen-bond acceptors (Lipinski definition) is 9. The smallest absolute Gasteiger partial charge is 0.328 e. The molecule has 0 bridgehead atoms. The van der Waals surface area contributed by atoms with E-state index in [1.165, 1.54) is 0 Å². The van der Waals surface area contributed by atoms with Gasteiger partial charge in [0.1, 0.15) is 11.5 Å². The third kappa shape index (κ3) is 5.82. The molecule has 0 fully saturated rings. The molecule has 0 saturated heterocycles. The molecule has 0 spiro atoms.